The zero-order valence-corrected chi connectivity index (χ0v) is 9.68. The number of benzene rings is 1. The fraction of sp³-hybridized carbons (Fsp3) is 0.455. The topological polar surface area (TPSA) is 41.5 Å². The first kappa shape index (κ1) is 15.6. The molecule has 0 radical (unpaired) electrons. The van der Waals surface area contributed by atoms with Gasteiger partial charge in [0.2, 0.25) is 0 Å². The highest BCUT2D eigenvalue weighted by atomic mass is 19.4. The molecule has 1 rings (SSSR count). The van der Waals surface area contributed by atoms with Crippen molar-refractivity contribution in [1.82, 2.24) is 5.32 Å². The fourth-order valence-electron chi connectivity index (χ4n) is 1.31. The van der Waals surface area contributed by atoms with Crippen molar-refractivity contribution in [2.75, 3.05) is 13.2 Å². The number of hydrogen-bond donors (Lipinski definition) is 2. The summed E-state index contributed by atoms with van der Waals surface area (Å²) in [7, 11) is 0. The average molecular weight is 285 g/mol. The van der Waals surface area contributed by atoms with E-state index in [1.54, 1.807) is 0 Å². The maximum Gasteiger partial charge on any atom is 0.573 e. The molecule has 0 spiro atoms. The Morgan fingerprint density at radius 1 is 1.11 bits per heavy atom. The van der Waals surface area contributed by atoms with Gasteiger partial charge in [-0.25, -0.2) is 8.78 Å². The van der Waals surface area contributed by atoms with E-state index in [-0.39, 0.29) is 12.1 Å². The Labute approximate surface area is 106 Å². The summed E-state index contributed by atoms with van der Waals surface area (Å²) in [5, 5.41) is 10.6. The molecule has 0 unspecified atom stereocenters. The van der Waals surface area contributed by atoms with Gasteiger partial charge in [-0.2, -0.15) is 0 Å². The highest BCUT2D eigenvalue weighted by Crippen LogP contribution is 2.26. The van der Waals surface area contributed by atoms with Gasteiger partial charge in [0.1, 0.15) is 12.4 Å². The summed E-state index contributed by atoms with van der Waals surface area (Å²) in [5.41, 5.74) is 0.0913. The van der Waals surface area contributed by atoms with Crippen molar-refractivity contribution in [2.45, 2.75) is 18.8 Å². The van der Waals surface area contributed by atoms with Crippen molar-refractivity contribution in [3.8, 4) is 5.75 Å². The summed E-state index contributed by atoms with van der Waals surface area (Å²) in [6, 6.07) is 5.22. The minimum atomic E-state index is -4.84. The predicted molar refractivity (Wildman–Crippen MR) is 56.9 cm³/mol. The molecule has 2 N–H and O–H groups in total. The summed E-state index contributed by atoms with van der Waals surface area (Å²) in [5.74, 6) is -3.77. The van der Waals surface area contributed by atoms with Gasteiger partial charge < -0.3 is 15.2 Å². The van der Waals surface area contributed by atoms with Crippen molar-refractivity contribution in [3.05, 3.63) is 29.8 Å². The van der Waals surface area contributed by atoms with Crippen LogP contribution >= 0.6 is 0 Å². The first-order valence-electron chi connectivity index (χ1n) is 5.26. The first-order valence-corrected chi connectivity index (χ1v) is 5.26. The molecule has 0 atom stereocenters. The number of para-hydroxylation sites is 1. The molecule has 1 aromatic carbocycles. The van der Waals surface area contributed by atoms with Crippen LogP contribution in [0.3, 0.4) is 0 Å². The van der Waals surface area contributed by atoms with Crippen LogP contribution in [0.15, 0.2) is 24.3 Å². The van der Waals surface area contributed by atoms with Crippen LogP contribution in [-0.2, 0) is 6.54 Å². The molecule has 0 amide bonds. The van der Waals surface area contributed by atoms with Crippen LogP contribution in [0.1, 0.15) is 5.56 Å². The molecule has 8 heteroatoms. The second-order valence-corrected chi connectivity index (χ2v) is 3.77. The van der Waals surface area contributed by atoms with Crippen LogP contribution in [0, 0.1) is 0 Å². The Morgan fingerprint density at radius 3 is 2.32 bits per heavy atom. The number of alkyl halides is 5. The lowest BCUT2D eigenvalue weighted by Crippen LogP contribution is -2.35. The number of nitrogens with one attached hydrogen (secondary N) is 1. The van der Waals surface area contributed by atoms with E-state index in [1.807, 2.05) is 0 Å². The molecular formula is C11H12F5NO2. The highest BCUT2D eigenvalue weighted by molar-refractivity contribution is 5.33. The van der Waals surface area contributed by atoms with Crippen molar-refractivity contribution < 1.29 is 31.8 Å². The van der Waals surface area contributed by atoms with Crippen molar-refractivity contribution in [1.29, 1.82) is 0 Å². The SMILES string of the molecule is OCC(F)(F)CNCc1ccccc1OC(F)(F)F. The summed E-state index contributed by atoms with van der Waals surface area (Å²) in [6.45, 7) is -2.41. The summed E-state index contributed by atoms with van der Waals surface area (Å²) in [6.07, 6.45) is -4.84. The van der Waals surface area contributed by atoms with E-state index >= 15 is 0 Å². The van der Waals surface area contributed by atoms with Crippen LogP contribution in [0.2, 0.25) is 0 Å². The van der Waals surface area contributed by atoms with Gasteiger partial charge in [-0.05, 0) is 6.07 Å². The monoisotopic (exact) mass is 285 g/mol. The summed E-state index contributed by atoms with van der Waals surface area (Å²) >= 11 is 0. The Kier molecular flexibility index (Phi) is 5.07. The van der Waals surface area contributed by atoms with Gasteiger partial charge in [0.05, 0.1) is 6.54 Å². The molecule has 0 saturated heterocycles. The second kappa shape index (κ2) is 6.16. The molecule has 0 fully saturated rings. The van der Waals surface area contributed by atoms with Crippen LogP contribution in [-0.4, -0.2) is 30.5 Å². The lowest BCUT2D eigenvalue weighted by atomic mass is 10.2. The average Bonchev–Trinajstić information content (AvgIpc) is 2.29. The molecule has 0 aromatic heterocycles. The van der Waals surface area contributed by atoms with E-state index < -0.39 is 31.2 Å². The number of aliphatic hydroxyl groups is 1. The van der Waals surface area contributed by atoms with E-state index in [4.69, 9.17) is 5.11 Å². The van der Waals surface area contributed by atoms with Crippen LogP contribution in [0.4, 0.5) is 22.0 Å². The van der Waals surface area contributed by atoms with E-state index in [2.05, 4.69) is 10.1 Å². The summed E-state index contributed by atoms with van der Waals surface area (Å²) in [4.78, 5) is 0. The number of hydrogen-bond acceptors (Lipinski definition) is 3. The molecule has 108 valence electrons. The van der Waals surface area contributed by atoms with Crippen LogP contribution in [0.5, 0.6) is 5.75 Å². The fourth-order valence-corrected chi connectivity index (χ4v) is 1.31. The van der Waals surface area contributed by atoms with Crippen LogP contribution < -0.4 is 10.1 Å². The molecule has 3 nitrogen and oxygen atoms in total. The molecule has 0 aliphatic carbocycles. The maximum absolute atomic E-state index is 12.7. The molecule has 0 bridgehead atoms. The lowest BCUT2D eigenvalue weighted by Gasteiger charge is -2.16. The van der Waals surface area contributed by atoms with Crippen molar-refractivity contribution in [3.63, 3.8) is 0 Å². The lowest BCUT2D eigenvalue weighted by molar-refractivity contribution is -0.274. The van der Waals surface area contributed by atoms with Gasteiger partial charge in [0, 0.05) is 12.1 Å². The van der Waals surface area contributed by atoms with Crippen molar-refractivity contribution in [2.24, 2.45) is 0 Å². The minimum Gasteiger partial charge on any atom is -0.405 e. The Hall–Kier alpha value is -1.41. The van der Waals surface area contributed by atoms with Crippen molar-refractivity contribution >= 4 is 0 Å². The van der Waals surface area contributed by atoms with Gasteiger partial charge in [-0.1, -0.05) is 18.2 Å². The quantitative estimate of drug-likeness (QED) is 0.788. The van der Waals surface area contributed by atoms with Gasteiger partial charge in [0.25, 0.3) is 5.92 Å². The number of ether oxygens (including phenoxy) is 1. The third-order valence-corrected chi connectivity index (χ3v) is 2.13. The normalized spacial score (nSPS) is 12.5. The van der Waals surface area contributed by atoms with E-state index in [0.29, 0.717) is 0 Å². The van der Waals surface area contributed by atoms with E-state index in [1.165, 1.54) is 18.2 Å². The predicted octanol–water partition coefficient (Wildman–Crippen LogP) is 2.30. The standard InChI is InChI=1S/C11H12F5NO2/c12-10(13,7-18)6-17-5-8-3-1-2-4-9(8)19-11(14,15)16/h1-4,17-18H,5-7H2. The maximum atomic E-state index is 12.7. The zero-order valence-electron chi connectivity index (χ0n) is 9.68. The number of aliphatic hydroxyl groups excluding tert-OH is 1. The van der Waals surface area contributed by atoms with E-state index in [9.17, 15) is 22.0 Å². The Balaban J connectivity index is 2.63. The van der Waals surface area contributed by atoms with Gasteiger partial charge in [-0.3, -0.25) is 0 Å². The summed E-state index contributed by atoms with van der Waals surface area (Å²) < 4.78 is 65.4. The minimum absolute atomic E-state index is 0.0913. The molecule has 0 aliphatic rings. The molecular weight excluding hydrogens is 273 g/mol. The Bertz CT molecular complexity index is 408. The van der Waals surface area contributed by atoms with Gasteiger partial charge in [0.15, 0.2) is 0 Å². The Morgan fingerprint density at radius 2 is 1.74 bits per heavy atom. The molecule has 0 heterocycles. The van der Waals surface area contributed by atoms with Gasteiger partial charge in [-0.15, -0.1) is 13.2 Å². The third kappa shape index (κ3) is 5.84. The largest absolute Gasteiger partial charge is 0.573 e. The van der Waals surface area contributed by atoms with Crippen LogP contribution in [0.25, 0.3) is 0 Å². The second-order valence-electron chi connectivity index (χ2n) is 3.77. The van der Waals surface area contributed by atoms with E-state index in [0.717, 1.165) is 6.07 Å². The molecule has 19 heavy (non-hydrogen) atoms. The van der Waals surface area contributed by atoms with Gasteiger partial charge >= 0.3 is 6.36 Å². The number of rotatable bonds is 6. The first-order chi connectivity index (χ1) is 8.73. The zero-order chi connectivity index (χ0) is 14.5. The highest BCUT2D eigenvalue weighted by Gasteiger charge is 2.32. The molecule has 0 saturated carbocycles. The molecule has 1 aromatic rings. The molecule has 0 aliphatic heterocycles. The third-order valence-electron chi connectivity index (χ3n) is 2.13. The number of halogens is 5. The smallest absolute Gasteiger partial charge is 0.405 e.